The van der Waals surface area contributed by atoms with E-state index in [1.54, 1.807) is 31.5 Å². The number of fused-ring (bicyclic) bond motifs is 2. The molecule has 4 aliphatic rings. The predicted molar refractivity (Wildman–Crippen MR) is 103 cm³/mol. The van der Waals surface area contributed by atoms with Gasteiger partial charge in [-0.05, 0) is 44.5 Å². The Balaban J connectivity index is 1.46. The van der Waals surface area contributed by atoms with E-state index < -0.39 is 6.10 Å². The molecule has 0 aliphatic carbocycles. The fraction of sp³-hybridized carbons (Fsp3) is 0.381. The smallest absolute Gasteiger partial charge is 0.213 e. The zero-order valence-corrected chi connectivity index (χ0v) is 15.9. The van der Waals surface area contributed by atoms with Gasteiger partial charge >= 0.3 is 0 Å². The Hall–Kier alpha value is -2.93. The fourth-order valence-electron chi connectivity index (χ4n) is 4.17. The molecule has 144 valence electrons. The van der Waals surface area contributed by atoms with E-state index in [0.29, 0.717) is 34.7 Å². The van der Waals surface area contributed by atoms with Crippen LogP contribution >= 0.6 is 0 Å². The molecule has 0 radical (unpaired) electrons. The maximum absolute atomic E-state index is 12.8. The first kappa shape index (κ1) is 17.2. The zero-order chi connectivity index (χ0) is 19.3. The van der Waals surface area contributed by atoms with Crippen molar-refractivity contribution in [2.45, 2.75) is 37.8 Å². The van der Waals surface area contributed by atoms with Crippen molar-refractivity contribution in [3.05, 3.63) is 47.5 Å². The number of H-pyrrole nitrogens is 1. The van der Waals surface area contributed by atoms with E-state index in [4.69, 9.17) is 9.47 Å². The molecular weight excluding hydrogens is 356 g/mol. The Kier molecular flexibility index (Phi) is 4.05. The van der Waals surface area contributed by atoms with E-state index in [9.17, 15) is 4.79 Å². The molecule has 7 nitrogen and oxygen atoms in total. The third-order valence-corrected chi connectivity index (χ3v) is 5.62. The lowest BCUT2D eigenvalue weighted by Gasteiger charge is -2.27. The van der Waals surface area contributed by atoms with Crippen LogP contribution in [0.1, 0.15) is 53.7 Å². The highest BCUT2D eigenvalue weighted by Crippen LogP contribution is 2.43. The molecule has 0 saturated carbocycles. The van der Waals surface area contributed by atoms with Gasteiger partial charge in [0.15, 0.2) is 11.5 Å². The molecule has 1 fully saturated rings. The molecule has 4 heterocycles. The first-order valence-corrected chi connectivity index (χ1v) is 9.61. The second-order valence-electron chi connectivity index (χ2n) is 7.52. The summed E-state index contributed by atoms with van der Waals surface area (Å²) in [5, 5.41) is 3.46. The quantitative estimate of drug-likeness (QED) is 0.728. The van der Waals surface area contributed by atoms with Crippen molar-refractivity contribution in [1.29, 1.82) is 0 Å². The molecule has 3 atom stereocenters. The van der Waals surface area contributed by atoms with Crippen LogP contribution in [0, 0.1) is 0 Å². The van der Waals surface area contributed by atoms with Crippen molar-refractivity contribution in [2.75, 3.05) is 13.7 Å². The fourth-order valence-corrected chi connectivity index (χ4v) is 4.17. The molecule has 0 amide bonds. The Morgan fingerprint density at radius 2 is 2.21 bits per heavy atom. The lowest BCUT2D eigenvalue weighted by molar-refractivity contribution is 0.0852. The van der Waals surface area contributed by atoms with Crippen LogP contribution in [0.25, 0.3) is 11.4 Å². The largest absolute Gasteiger partial charge is 0.493 e. The molecule has 1 aromatic carbocycles. The summed E-state index contributed by atoms with van der Waals surface area (Å²) in [6.07, 6.45) is 3.13. The number of piperidine rings is 1. The SMILES string of the molecule is COc1cccc2c1OC(c1cc3[nH]c(C4CCNC(C)C4)ncc-3n1)C2=O. The van der Waals surface area contributed by atoms with Crippen LogP contribution in [0.3, 0.4) is 0 Å². The molecule has 2 N–H and O–H groups in total. The van der Waals surface area contributed by atoms with E-state index >= 15 is 0 Å². The maximum atomic E-state index is 12.8. The zero-order valence-electron chi connectivity index (χ0n) is 15.9. The third-order valence-electron chi connectivity index (χ3n) is 5.62. The number of rotatable bonds is 3. The van der Waals surface area contributed by atoms with Gasteiger partial charge in [0.05, 0.1) is 30.3 Å². The predicted octanol–water partition coefficient (Wildman–Crippen LogP) is 3.09. The molecule has 3 unspecified atom stereocenters. The third kappa shape index (κ3) is 2.74. The number of carbonyl (C=O) groups excluding carboxylic acids is 1. The van der Waals surface area contributed by atoms with Crippen LogP contribution in [-0.2, 0) is 0 Å². The molecule has 1 aromatic rings. The van der Waals surface area contributed by atoms with Gasteiger partial charge in [-0.15, -0.1) is 0 Å². The van der Waals surface area contributed by atoms with Gasteiger partial charge in [0.25, 0.3) is 0 Å². The first-order valence-electron chi connectivity index (χ1n) is 9.61. The van der Waals surface area contributed by atoms with Gasteiger partial charge in [0.2, 0.25) is 11.9 Å². The summed E-state index contributed by atoms with van der Waals surface area (Å²) in [7, 11) is 1.57. The number of benzene rings is 1. The van der Waals surface area contributed by atoms with Crippen molar-refractivity contribution in [3.8, 4) is 22.9 Å². The molecule has 28 heavy (non-hydrogen) atoms. The summed E-state index contributed by atoms with van der Waals surface area (Å²) in [5.74, 6) is 2.32. The normalized spacial score (nSPS) is 24.2. The number of hydrogen-bond acceptors (Lipinski definition) is 6. The Bertz CT molecular complexity index is 1010. The number of hydrogen-bond donors (Lipinski definition) is 2. The highest BCUT2D eigenvalue weighted by molar-refractivity contribution is 6.05. The van der Waals surface area contributed by atoms with Crippen LogP contribution < -0.4 is 14.8 Å². The van der Waals surface area contributed by atoms with Crippen molar-refractivity contribution < 1.29 is 14.3 Å². The molecule has 0 spiro atoms. The Labute approximate surface area is 162 Å². The van der Waals surface area contributed by atoms with E-state index in [0.717, 1.165) is 36.6 Å². The number of ether oxygens (including phenoxy) is 2. The standard InChI is InChI=1S/C21H22N4O3/c1-11-8-12(6-7-22-11)21-23-10-16-14(25-21)9-15(24-16)20-18(26)13-4-3-5-17(27-2)19(13)28-20/h3-5,9-12,20,22H,6-8H2,1-2H3,(H,23,25). The summed E-state index contributed by atoms with van der Waals surface area (Å²) in [6, 6.07) is 7.71. The maximum Gasteiger partial charge on any atom is 0.213 e. The number of carbonyl (C=O) groups is 1. The van der Waals surface area contributed by atoms with Crippen molar-refractivity contribution >= 4 is 5.78 Å². The average Bonchev–Trinajstić information content (AvgIpc) is 3.28. The number of methoxy groups -OCH3 is 1. The van der Waals surface area contributed by atoms with Crippen LogP contribution in [0.15, 0.2) is 30.5 Å². The van der Waals surface area contributed by atoms with Crippen molar-refractivity contribution in [1.82, 2.24) is 20.3 Å². The molecule has 0 bridgehead atoms. The Morgan fingerprint density at radius 1 is 1.32 bits per heavy atom. The number of nitrogens with one attached hydrogen (secondary N) is 2. The van der Waals surface area contributed by atoms with Gasteiger partial charge < -0.3 is 19.8 Å². The number of aromatic amines is 1. The van der Waals surface area contributed by atoms with Crippen molar-refractivity contribution in [3.63, 3.8) is 0 Å². The van der Waals surface area contributed by atoms with Gasteiger partial charge in [-0.25, -0.2) is 9.97 Å². The summed E-state index contributed by atoms with van der Waals surface area (Å²) in [6.45, 7) is 3.19. The van der Waals surface area contributed by atoms with Crippen LogP contribution in [0.4, 0.5) is 0 Å². The van der Waals surface area contributed by atoms with E-state index in [-0.39, 0.29) is 5.78 Å². The van der Waals surface area contributed by atoms with E-state index in [1.807, 2.05) is 6.07 Å². The number of aromatic nitrogens is 3. The van der Waals surface area contributed by atoms with E-state index in [2.05, 4.69) is 27.2 Å². The number of para-hydroxylation sites is 1. The van der Waals surface area contributed by atoms with E-state index in [1.165, 1.54) is 0 Å². The minimum Gasteiger partial charge on any atom is -0.493 e. The van der Waals surface area contributed by atoms with Gasteiger partial charge in [-0.3, -0.25) is 4.79 Å². The number of Topliss-reactive ketones (excluding diaryl/α,β-unsaturated/α-hetero) is 1. The monoisotopic (exact) mass is 378 g/mol. The molecule has 1 saturated heterocycles. The summed E-state index contributed by atoms with van der Waals surface area (Å²) >= 11 is 0. The van der Waals surface area contributed by atoms with Gasteiger partial charge in [0.1, 0.15) is 11.5 Å². The van der Waals surface area contributed by atoms with Gasteiger partial charge in [0, 0.05) is 12.0 Å². The molecule has 4 aliphatic heterocycles. The average molecular weight is 378 g/mol. The van der Waals surface area contributed by atoms with Crippen LogP contribution in [0.5, 0.6) is 11.5 Å². The second-order valence-corrected chi connectivity index (χ2v) is 7.52. The van der Waals surface area contributed by atoms with Crippen LogP contribution in [0.2, 0.25) is 0 Å². The lowest BCUT2D eigenvalue weighted by Crippen LogP contribution is -2.35. The Morgan fingerprint density at radius 3 is 3.04 bits per heavy atom. The molecular formula is C21H22N4O3. The number of ketones is 1. The van der Waals surface area contributed by atoms with Crippen LogP contribution in [-0.4, -0.2) is 40.4 Å². The topological polar surface area (TPSA) is 89.1 Å². The summed E-state index contributed by atoms with van der Waals surface area (Å²) < 4.78 is 11.3. The summed E-state index contributed by atoms with van der Waals surface area (Å²) in [5.41, 5.74) is 2.74. The summed E-state index contributed by atoms with van der Waals surface area (Å²) in [4.78, 5) is 25.5. The highest BCUT2D eigenvalue weighted by Gasteiger charge is 2.38. The molecule has 0 aromatic heterocycles. The minimum absolute atomic E-state index is 0.0999. The molecule has 5 rings (SSSR count). The number of nitrogens with zero attached hydrogens (tertiary/aromatic N) is 2. The van der Waals surface area contributed by atoms with Gasteiger partial charge in [-0.1, -0.05) is 6.07 Å². The lowest BCUT2D eigenvalue weighted by atomic mass is 9.92. The second kappa shape index (κ2) is 6.60. The highest BCUT2D eigenvalue weighted by atomic mass is 16.5. The van der Waals surface area contributed by atoms with Gasteiger partial charge in [-0.2, -0.15) is 0 Å². The minimum atomic E-state index is -0.755. The van der Waals surface area contributed by atoms with Crippen molar-refractivity contribution in [2.24, 2.45) is 0 Å². The first-order chi connectivity index (χ1) is 13.6. The molecule has 7 heteroatoms.